The first-order valence-corrected chi connectivity index (χ1v) is 7.14. The van der Waals surface area contributed by atoms with Crippen LogP contribution >= 0.6 is 0 Å². The van der Waals surface area contributed by atoms with E-state index in [2.05, 4.69) is 5.32 Å². The summed E-state index contributed by atoms with van der Waals surface area (Å²) in [5.41, 5.74) is 6.41. The van der Waals surface area contributed by atoms with Gasteiger partial charge >= 0.3 is 0 Å². The molecule has 110 valence electrons. The molecule has 0 heterocycles. The molecule has 0 unspecified atom stereocenters. The summed E-state index contributed by atoms with van der Waals surface area (Å²) in [6.07, 6.45) is 2.06. The second-order valence-electron chi connectivity index (χ2n) is 5.14. The molecule has 1 rings (SSSR count). The van der Waals surface area contributed by atoms with Crippen LogP contribution in [0.3, 0.4) is 0 Å². The summed E-state index contributed by atoms with van der Waals surface area (Å²) in [5, 5.41) is 2.82. The molecule has 0 aromatic heterocycles. The second kappa shape index (κ2) is 7.80. The molecule has 0 saturated heterocycles. The van der Waals surface area contributed by atoms with E-state index >= 15 is 0 Å². The van der Waals surface area contributed by atoms with Crippen molar-refractivity contribution < 1.29 is 9.59 Å². The number of nitrogens with one attached hydrogen (secondary N) is 1. The van der Waals surface area contributed by atoms with Crippen LogP contribution in [0.1, 0.15) is 49.9 Å². The van der Waals surface area contributed by atoms with Gasteiger partial charge in [-0.15, -0.1) is 0 Å². The van der Waals surface area contributed by atoms with E-state index in [1.807, 2.05) is 32.0 Å². The third kappa shape index (κ3) is 5.13. The van der Waals surface area contributed by atoms with Crippen molar-refractivity contribution in [1.29, 1.82) is 0 Å². The first-order chi connectivity index (χ1) is 9.50. The molecule has 0 bridgehead atoms. The van der Waals surface area contributed by atoms with Gasteiger partial charge in [0.1, 0.15) is 0 Å². The number of carbonyl (C=O) groups is 2. The highest BCUT2D eigenvalue weighted by molar-refractivity contribution is 5.97. The zero-order chi connectivity index (χ0) is 15.0. The fourth-order valence-electron chi connectivity index (χ4n) is 1.86. The fourth-order valence-corrected chi connectivity index (χ4v) is 1.86. The number of ketones is 1. The monoisotopic (exact) mass is 276 g/mol. The molecule has 4 heteroatoms. The van der Waals surface area contributed by atoms with Crippen LogP contribution in [0.5, 0.6) is 0 Å². The minimum Gasteiger partial charge on any atom is -0.354 e. The standard InChI is InChI=1S/C16H24N2O2/c1-3-16(17,4-2)12-18-15(20)11-10-14(19)13-8-6-5-7-9-13/h5-9H,3-4,10-12,17H2,1-2H3,(H,18,20). The lowest BCUT2D eigenvalue weighted by molar-refractivity contribution is -0.121. The lowest BCUT2D eigenvalue weighted by Gasteiger charge is -2.26. The minimum atomic E-state index is -0.348. The van der Waals surface area contributed by atoms with Crippen molar-refractivity contribution in [3.05, 3.63) is 35.9 Å². The van der Waals surface area contributed by atoms with Gasteiger partial charge in [0.05, 0.1) is 0 Å². The van der Waals surface area contributed by atoms with E-state index in [9.17, 15) is 9.59 Å². The minimum absolute atomic E-state index is 0.00857. The van der Waals surface area contributed by atoms with Gasteiger partial charge < -0.3 is 11.1 Å². The Balaban J connectivity index is 2.35. The van der Waals surface area contributed by atoms with E-state index in [0.29, 0.717) is 12.1 Å². The molecule has 20 heavy (non-hydrogen) atoms. The number of carbonyl (C=O) groups excluding carboxylic acids is 2. The van der Waals surface area contributed by atoms with Crippen LogP contribution in [0.4, 0.5) is 0 Å². The molecule has 0 saturated carbocycles. The maximum absolute atomic E-state index is 11.9. The highest BCUT2D eigenvalue weighted by Gasteiger charge is 2.20. The number of rotatable bonds is 8. The molecule has 1 aromatic carbocycles. The van der Waals surface area contributed by atoms with Crippen molar-refractivity contribution in [3.63, 3.8) is 0 Å². The van der Waals surface area contributed by atoms with Crippen LogP contribution in [-0.4, -0.2) is 23.8 Å². The lowest BCUT2D eigenvalue weighted by Crippen LogP contribution is -2.49. The Hall–Kier alpha value is -1.68. The van der Waals surface area contributed by atoms with Crippen molar-refractivity contribution >= 4 is 11.7 Å². The van der Waals surface area contributed by atoms with E-state index in [0.717, 1.165) is 12.8 Å². The van der Waals surface area contributed by atoms with Crippen LogP contribution in [0, 0.1) is 0 Å². The van der Waals surface area contributed by atoms with Gasteiger partial charge in [0.2, 0.25) is 5.91 Å². The Labute approximate surface area is 120 Å². The van der Waals surface area contributed by atoms with Gasteiger partial charge in [0.15, 0.2) is 5.78 Å². The summed E-state index contributed by atoms with van der Waals surface area (Å²) >= 11 is 0. The number of nitrogens with two attached hydrogens (primary N) is 1. The van der Waals surface area contributed by atoms with Crippen molar-refractivity contribution in [1.82, 2.24) is 5.32 Å². The maximum Gasteiger partial charge on any atom is 0.220 e. The maximum atomic E-state index is 11.9. The first-order valence-electron chi connectivity index (χ1n) is 7.14. The van der Waals surface area contributed by atoms with Gasteiger partial charge in [-0.2, -0.15) is 0 Å². The molecule has 0 aliphatic rings. The molecular formula is C16H24N2O2. The van der Waals surface area contributed by atoms with E-state index in [-0.39, 0.29) is 30.1 Å². The summed E-state index contributed by atoms with van der Waals surface area (Å²) in [7, 11) is 0. The van der Waals surface area contributed by atoms with Crippen molar-refractivity contribution in [3.8, 4) is 0 Å². The molecular weight excluding hydrogens is 252 g/mol. The smallest absolute Gasteiger partial charge is 0.220 e. The van der Waals surface area contributed by atoms with Crippen molar-refractivity contribution in [2.45, 2.75) is 45.1 Å². The number of hydrogen-bond acceptors (Lipinski definition) is 3. The van der Waals surface area contributed by atoms with Gasteiger partial charge in [0, 0.05) is 30.5 Å². The molecule has 0 atom stereocenters. The van der Waals surface area contributed by atoms with Gasteiger partial charge in [-0.1, -0.05) is 44.2 Å². The second-order valence-corrected chi connectivity index (χ2v) is 5.14. The predicted octanol–water partition coefficient (Wildman–Crippen LogP) is 2.28. The molecule has 1 amide bonds. The highest BCUT2D eigenvalue weighted by atomic mass is 16.2. The van der Waals surface area contributed by atoms with Crippen LogP contribution in [-0.2, 0) is 4.79 Å². The summed E-state index contributed by atoms with van der Waals surface area (Å²) in [4.78, 5) is 23.6. The van der Waals surface area contributed by atoms with Crippen LogP contribution < -0.4 is 11.1 Å². The summed E-state index contributed by atoms with van der Waals surface area (Å²) < 4.78 is 0. The quantitative estimate of drug-likeness (QED) is 0.715. The molecule has 4 nitrogen and oxygen atoms in total. The Morgan fingerprint density at radius 3 is 2.25 bits per heavy atom. The number of Topliss-reactive ketones (excluding diaryl/α,β-unsaturated/α-hetero) is 1. The van der Waals surface area contributed by atoms with Crippen molar-refractivity contribution in [2.75, 3.05) is 6.54 Å². The van der Waals surface area contributed by atoms with E-state index in [1.165, 1.54) is 0 Å². The normalized spacial score (nSPS) is 11.2. The molecule has 1 aromatic rings. The lowest BCUT2D eigenvalue weighted by atomic mass is 9.94. The van der Waals surface area contributed by atoms with Crippen LogP contribution in [0.2, 0.25) is 0 Å². The van der Waals surface area contributed by atoms with Crippen LogP contribution in [0.15, 0.2) is 30.3 Å². The fraction of sp³-hybridized carbons (Fsp3) is 0.500. The SMILES string of the molecule is CCC(N)(CC)CNC(=O)CCC(=O)c1ccccc1. The van der Waals surface area contributed by atoms with E-state index < -0.39 is 0 Å². The summed E-state index contributed by atoms with van der Waals surface area (Å²) in [5.74, 6) is -0.128. The third-order valence-corrected chi connectivity index (χ3v) is 3.72. The molecule has 0 aliphatic carbocycles. The topological polar surface area (TPSA) is 72.2 Å². The Morgan fingerprint density at radius 2 is 1.70 bits per heavy atom. The largest absolute Gasteiger partial charge is 0.354 e. The number of hydrogen-bond donors (Lipinski definition) is 2. The molecule has 0 spiro atoms. The Kier molecular flexibility index (Phi) is 6.39. The highest BCUT2D eigenvalue weighted by Crippen LogP contribution is 2.10. The van der Waals surface area contributed by atoms with Gasteiger partial charge in [-0.05, 0) is 12.8 Å². The Bertz CT molecular complexity index is 439. The average Bonchev–Trinajstić information content (AvgIpc) is 2.51. The molecule has 0 aliphatic heterocycles. The zero-order valence-electron chi connectivity index (χ0n) is 12.3. The molecule has 0 radical (unpaired) electrons. The van der Waals surface area contributed by atoms with Gasteiger partial charge in [0.25, 0.3) is 0 Å². The third-order valence-electron chi connectivity index (χ3n) is 3.72. The molecule has 0 fully saturated rings. The average molecular weight is 276 g/mol. The van der Waals surface area contributed by atoms with Gasteiger partial charge in [-0.3, -0.25) is 9.59 Å². The Morgan fingerprint density at radius 1 is 1.10 bits per heavy atom. The summed E-state index contributed by atoms with van der Waals surface area (Å²) in [6, 6.07) is 9.02. The number of benzene rings is 1. The van der Waals surface area contributed by atoms with Crippen molar-refractivity contribution in [2.24, 2.45) is 5.73 Å². The van der Waals surface area contributed by atoms with E-state index in [1.54, 1.807) is 12.1 Å². The zero-order valence-corrected chi connectivity index (χ0v) is 12.3. The van der Waals surface area contributed by atoms with E-state index in [4.69, 9.17) is 5.73 Å². The molecule has 3 N–H and O–H groups in total. The first kappa shape index (κ1) is 16.4. The van der Waals surface area contributed by atoms with Crippen LogP contribution in [0.25, 0.3) is 0 Å². The predicted molar refractivity (Wildman–Crippen MR) is 80.5 cm³/mol. The summed E-state index contributed by atoms with van der Waals surface area (Å²) in [6.45, 7) is 4.47. The van der Waals surface area contributed by atoms with Gasteiger partial charge in [-0.25, -0.2) is 0 Å². The number of amides is 1.